The number of carbonyl (C=O) groups excluding carboxylic acids is 1. The van der Waals surface area contributed by atoms with Gasteiger partial charge in [-0.15, -0.1) is 11.3 Å². The van der Waals surface area contributed by atoms with Gasteiger partial charge in [-0.1, -0.05) is 6.58 Å². The van der Waals surface area contributed by atoms with Gasteiger partial charge in [-0.3, -0.25) is 9.52 Å². The molecule has 8 heteroatoms. The predicted octanol–water partition coefficient (Wildman–Crippen LogP) is 2.07. The summed E-state index contributed by atoms with van der Waals surface area (Å²) in [5.41, 5.74) is 0.489. The van der Waals surface area contributed by atoms with Gasteiger partial charge in [0.15, 0.2) is 5.13 Å². The van der Waals surface area contributed by atoms with Crippen LogP contribution in [0.2, 0.25) is 0 Å². The van der Waals surface area contributed by atoms with Crippen molar-refractivity contribution in [2.24, 2.45) is 0 Å². The zero-order chi connectivity index (χ0) is 14.6. The SMILES string of the molecule is C=CC(=O)Nc1ccc(S(=O)(=O)Nc2nccs2)cc1. The first kappa shape index (κ1) is 14.2. The first-order valence-corrected chi connectivity index (χ1v) is 7.83. The zero-order valence-electron chi connectivity index (χ0n) is 10.2. The van der Waals surface area contributed by atoms with Crippen LogP contribution in [0.3, 0.4) is 0 Å². The summed E-state index contributed by atoms with van der Waals surface area (Å²) in [5.74, 6) is -0.360. The molecule has 1 amide bonds. The Morgan fingerprint density at radius 3 is 2.55 bits per heavy atom. The minimum atomic E-state index is -3.67. The Labute approximate surface area is 120 Å². The summed E-state index contributed by atoms with van der Waals surface area (Å²) in [7, 11) is -3.67. The molecule has 0 spiro atoms. The predicted molar refractivity (Wildman–Crippen MR) is 78.2 cm³/mol. The van der Waals surface area contributed by atoms with Gasteiger partial charge in [0.25, 0.3) is 10.0 Å². The van der Waals surface area contributed by atoms with Crippen molar-refractivity contribution in [2.75, 3.05) is 10.0 Å². The summed E-state index contributed by atoms with van der Waals surface area (Å²) in [5, 5.41) is 4.51. The van der Waals surface area contributed by atoms with Gasteiger partial charge in [0.1, 0.15) is 0 Å². The molecular formula is C12H11N3O3S2. The summed E-state index contributed by atoms with van der Waals surface area (Å²) in [6.45, 7) is 3.33. The number of hydrogen-bond acceptors (Lipinski definition) is 5. The molecule has 1 aromatic carbocycles. The number of sulfonamides is 1. The molecule has 6 nitrogen and oxygen atoms in total. The molecule has 1 aromatic heterocycles. The Bertz CT molecular complexity index is 707. The van der Waals surface area contributed by atoms with E-state index in [2.05, 4.69) is 21.6 Å². The first-order chi connectivity index (χ1) is 9.51. The van der Waals surface area contributed by atoms with E-state index in [0.29, 0.717) is 10.8 Å². The van der Waals surface area contributed by atoms with Crippen molar-refractivity contribution in [3.8, 4) is 0 Å². The smallest absolute Gasteiger partial charge is 0.263 e. The lowest BCUT2D eigenvalue weighted by molar-refractivity contribution is -0.111. The minimum absolute atomic E-state index is 0.0873. The molecule has 0 saturated heterocycles. The number of hydrogen-bond donors (Lipinski definition) is 2. The minimum Gasteiger partial charge on any atom is -0.323 e. The lowest BCUT2D eigenvalue weighted by Crippen LogP contribution is -2.13. The van der Waals surface area contributed by atoms with Crippen LogP contribution in [0.1, 0.15) is 0 Å². The summed E-state index contributed by atoms with van der Waals surface area (Å²) >= 11 is 1.19. The summed E-state index contributed by atoms with van der Waals surface area (Å²) < 4.78 is 26.4. The van der Waals surface area contributed by atoms with Crippen LogP contribution in [0.15, 0.2) is 53.4 Å². The number of amides is 1. The maximum atomic E-state index is 12.0. The summed E-state index contributed by atoms with van der Waals surface area (Å²) in [4.78, 5) is 15.1. The molecule has 2 rings (SSSR count). The Morgan fingerprint density at radius 1 is 1.30 bits per heavy atom. The third-order valence-electron chi connectivity index (χ3n) is 2.27. The van der Waals surface area contributed by atoms with Crippen molar-refractivity contribution in [2.45, 2.75) is 4.90 Å². The Balaban J connectivity index is 2.16. The number of anilines is 2. The summed E-state index contributed by atoms with van der Waals surface area (Å²) in [6, 6.07) is 5.79. The molecule has 2 N–H and O–H groups in total. The van der Waals surface area contributed by atoms with Crippen LogP contribution in [0.4, 0.5) is 10.8 Å². The van der Waals surface area contributed by atoms with E-state index in [4.69, 9.17) is 0 Å². The fourth-order valence-corrected chi connectivity index (χ4v) is 3.15. The fourth-order valence-electron chi connectivity index (χ4n) is 1.36. The molecule has 20 heavy (non-hydrogen) atoms. The molecule has 0 atom stereocenters. The Hall–Kier alpha value is -2.19. The molecule has 1 heterocycles. The molecule has 0 saturated carbocycles. The van der Waals surface area contributed by atoms with Crippen molar-refractivity contribution in [1.29, 1.82) is 0 Å². The second kappa shape index (κ2) is 5.85. The van der Waals surface area contributed by atoms with Crippen molar-refractivity contribution < 1.29 is 13.2 Å². The van der Waals surface area contributed by atoms with E-state index >= 15 is 0 Å². The van der Waals surface area contributed by atoms with Crippen molar-refractivity contribution in [3.05, 3.63) is 48.5 Å². The maximum absolute atomic E-state index is 12.0. The Morgan fingerprint density at radius 2 is 2.00 bits per heavy atom. The number of aromatic nitrogens is 1. The van der Waals surface area contributed by atoms with Gasteiger partial charge in [-0.2, -0.15) is 0 Å². The molecule has 0 aliphatic rings. The number of benzene rings is 1. The Kier molecular flexibility index (Phi) is 4.16. The van der Waals surface area contributed by atoms with Gasteiger partial charge in [0, 0.05) is 17.3 Å². The molecular weight excluding hydrogens is 298 g/mol. The average molecular weight is 309 g/mol. The van der Waals surface area contributed by atoms with E-state index in [0.717, 1.165) is 6.08 Å². The fraction of sp³-hybridized carbons (Fsp3) is 0. The zero-order valence-corrected chi connectivity index (χ0v) is 11.9. The number of nitrogens with zero attached hydrogens (tertiary/aromatic N) is 1. The highest BCUT2D eigenvalue weighted by Gasteiger charge is 2.15. The highest BCUT2D eigenvalue weighted by atomic mass is 32.2. The number of carbonyl (C=O) groups is 1. The molecule has 0 fully saturated rings. The third-order valence-corrected chi connectivity index (χ3v) is 4.44. The molecule has 0 aliphatic heterocycles. The first-order valence-electron chi connectivity index (χ1n) is 5.47. The van der Waals surface area contributed by atoms with E-state index in [-0.39, 0.29) is 10.8 Å². The van der Waals surface area contributed by atoms with Crippen LogP contribution in [-0.4, -0.2) is 19.3 Å². The monoisotopic (exact) mass is 309 g/mol. The number of nitrogens with one attached hydrogen (secondary N) is 2. The van der Waals surface area contributed by atoms with Gasteiger partial charge in [-0.05, 0) is 30.3 Å². The van der Waals surface area contributed by atoms with Gasteiger partial charge in [-0.25, -0.2) is 13.4 Å². The van der Waals surface area contributed by atoms with Gasteiger partial charge in [0.05, 0.1) is 4.90 Å². The molecule has 104 valence electrons. The molecule has 0 unspecified atom stereocenters. The standard InChI is InChI=1S/C12H11N3O3S2/c1-2-11(16)14-9-3-5-10(6-4-9)20(17,18)15-12-13-7-8-19-12/h2-8H,1H2,(H,13,15)(H,14,16). The van der Waals surface area contributed by atoms with Crippen molar-refractivity contribution in [1.82, 2.24) is 4.98 Å². The maximum Gasteiger partial charge on any atom is 0.263 e. The van der Waals surface area contributed by atoms with Gasteiger partial charge in [0.2, 0.25) is 5.91 Å². The van der Waals surface area contributed by atoms with Crippen molar-refractivity contribution >= 4 is 38.1 Å². The lowest BCUT2D eigenvalue weighted by atomic mass is 10.3. The quantitative estimate of drug-likeness (QED) is 0.828. The van der Waals surface area contributed by atoms with E-state index < -0.39 is 10.0 Å². The number of thiazole rings is 1. The van der Waals surface area contributed by atoms with Gasteiger partial charge >= 0.3 is 0 Å². The van der Waals surface area contributed by atoms with Crippen molar-refractivity contribution in [3.63, 3.8) is 0 Å². The van der Waals surface area contributed by atoms with E-state index in [1.54, 1.807) is 5.38 Å². The van der Waals surface area contributed by atoms with Crippen LogP contribution < -0.4 is 10.0 Å². The van der Waals surface area contributed by atoms with Crippen LogP contribution in [-0.2, 0) is 14.8 Å². The molecule has 0 radical (unpaired) electrons. The normalized spacial score (nSPS) is 10.8. The third kappa shape index (κ3) is 3.43. The van der Waals surface area contributed by atoms with E-state index in [9.17, 15) is 13.2 Å². The molecule has 0 aliphatic carbocycles. The van der Waals surface area contributed by atoms with Crippen LogP contribution in [0.25, 0.3) is 0 Å². The average Bonchev–Trinajstić information content (AvgIpc) is 2.91. The second-order valence-electron chi connectivity index (χ2n) is 3.66. The largest absolute Gasteiger partial charge is 0.323 e. The topological polar surface area (TPSA) is 88.2 Å². The highest BCUT2D eigenvalue weighted by molar-refractivity contribution is 7.93. The van der Waals surface area contributed by atoms with Crippen LogP contribution >= 0.6 is 11.3 Å². The van der Waals surface area contributed by atoms with Gasteiger partial charge < -0.3 is 5.32 Å². The van der Waals surface area contributed by atoms with Crippen LogP contribution in [0, 0.1) is 0 Å². The van der Waals surface area contributed by atoms with E-state index in [1.807, 2.05) is 0 Å². The number of rotatable bonds is 5. The van der Waals surface area contributed by atoms with Crippen LogP contribution in [0.5, 0.6) is 0 Å². The molecule has 0 bridgehead atoms. The second-order valence-corrected chi connectivity index (χ2v) is 6.24. The highest BCUT2D eigenvalue weighted by Crippen LogP contribution is 2.19. The van der Waals surface area contributed by atoms with E-state index in [1.165, 1.54) is 41.8 Å². The molecule has 2 aromatic rings. The summed E-state index contributed by atoms with van der Waals surface area (Å²) in [6.07, 6.45) is 2.64. The lowest BCUT2D eigenvalue weighted by Gasteiger charge is -2.06.